The zero-order valence-corrected chi connectivity index (χ0v) is 21.6. The van der Waals surface area contributed by atoms with Gasteiger partial charge in [-0.1, -0.05) is 11.6 Å². The molecule has 4 atom stereocenters. The Balaban J connectivity index is 1.57. The number of hydrogen-bond acceptors (Lipinski definition) is 6. The summed E-state index contributed by atoms with van der Waals surface area (Å²) in [6.07, 6.45) is 3.51. The number of halogens is 2. The van der Waals surface area contributed by atoms with Crippen molar-refractivity contribution in [2.24, 2.45) is 17.6 Å². The number of nitrogens with two attached hydrogens (primary N) is 1. The van der Waals surface area contributed by atoms with Gasteiger partial charge in [-0.2, -0.15) is 0 Å². The zero-order valence-electron chi connectivity index (χ0n) is 20.8. The van der Waals surface area contributed by atoms with Crippen LogP contribution in [-0.2, 0) is 14.2 Å². The van der Waals surface area contributed by atoms with Crippen LogP contribution in [0.1, 0.15) is 43.8 Å². The normalized spacial score (nSPS) is 21.9. The van der Waals surface area contributed by atoms with Crippen LogP contribution in [0.5, 0.6) is 0 Å². The van der Waals surface area contributed by atoms with Crippen molar-refractivity contribution in [3.8, 4) is 0 Å². The molecule has 1 aromatic rings. The number of nitrogens with zero attached hydrogens (tertiary/aromatic N) is 1. The van der Waals surface area contributed by atoms with Crippen LogP contribution >= 0.6 is 11.6 Å². The van der Waals surface area contributed by atoms with E-state index in [0.29, 0.717) is 31.1 Å². The van der Waals surface area contributed by atoms with E-state index in [4.69, 9.17) is 26.8 Å². The molecule has 3 rings (SSSR count). The summed E-state index contributed by atoms with van der Waals surface area (Å²) >= 11 is 6.11. The molecule has 0 bridgehead atoms. The van der Waals surface area contributed by atoms with Gasteiger partial charge in [0.2, 0.25) is 0 Å². The van der Waals surface area contributed by atoms with Crippen molar-refractivity contribution in [2.75, 3.05) is 53.1 Å². The standard InChI is InChI=1S/C25H38ClFN4O5/c1-34-25(33)29-6-9-36-23(19-11-20(26)13-21(27)12-19)18-5-2-7-31(15-18)24(32)30-14-22(28)10-17-4-3-8-35-16-17/h11-13,17-18,22-23H,2-10,14-16,28H2,1H3,(H,29,33)(H,30,32)/t17-,18-,22-,23?/m1/s1. The summed E-state index contributed by atoms with van der Waals surface area (Å²) in [7, 11) is 1.28. The Hall–Kier alpha value is -2.14. The van der Waals surface area contributed by atoms with E-state index in [1.54, 1.807) is 11.0 Å². The van der Waals surface area contributed by atoms with E-state index in [1.165, 1.54) is 19.2 Å². The lowest BCUT2D eigenvalue weighted by atomic mass is 9.88. The summed E-state index contributed by atoms with van der Waals surface area (Å²) in [6.45, 7) is 3.43. The fraction of sp³-hybridized carbons (Fsp3) is 0.680. The van der Waals surface area contributed by atoms with Gasteiger partial charge in [0.1, 0.15) is 5.82 Å². The largest absolute Gasteiger partial charge is 0.453 e. The maximum Gasteiger partial charge on any atom is 0.406 e. The molecule has 0 saturated carbocycles. The number of amides is 3. The number of nitrogens with one attached hydrogen (secondary N) is 2. The first kappa shape index (κ1) is 28.4. The Bertz CT molecular complexity index is 837. The van der Waals surface area contributed by atoms with Crippen molar-refractivity contribution in [1.29, 1.82) is 0 Å². The smallest absolute Gasteiger partial charge is 0.406 e. The van der Waals surface area contributed by atoms with E-state index in [9.17, 15) is 14.0 Å². The molecule has 2 aliphatic rings. The number of urea groups is 1. The molecule has 0 aromatic heterocycles. The fourth-order valence-electron chi connectivity index (χ4n) is 4.93. The third-order valence-electron chi connectivity index (χ3n) is 6.65. The quantitative estimate of drug-likeness (QED) is 0.401. The van der Waals surface area contributed by atoms with E-state index >= 15 is 0 Å². The Kier molecular flexibility index (Phi) is 11.5. The highest BCUT2D eigenvalue weighted by molar-refractivity contribution is 6.30. The topological polar surface area (TPSA) is 115 Å². The van der Waals surface area contributed by atoms with Crippen molar-refractivity contribution in [3.05, 3.63) is 34.6 Å². The molecule has 2 aliphatic heterocycles. The van der Waals surface area contributed by atoms with E-state index in [0.717, 1.165) is 45.3 Å². The molecule has 36 heavy (non-hydrogen) atoms. The minimum Gasteiger partial charge on any atom is -0.453 e. The summed E-state index contributed by atoms with van der Waals surface area (Å²) in [5.74, 6) is -0.0928. The summed E-state index contributed by atoms with van der Waals surface area (Å²) < 4.78 is 30.3. The number of likely N-dealkylation sites (tertiary alicyclic amines) is 1. The second-order valence-electron chi connectivity index (χ2n) is 9.53. The Morgan fingerprint density at radius 3 is 2.83 bits per heavy atom. The third kappa shape index (κ3) is 9.06. The van der Waals surface area contributed by atoms with Gasteiger partial charge < -0.3 is 35.5 Å². The maximum absolute atomic E-state index is 14.1. The Morgan fingerprint density at radius 1 is 1.28 bits per heavy atom. The lowest BCUT2D eigenvalue weighted by Gasteiger charge is -2.37. The molecule has 0 spiro atoms. The van der Waals surface area contributed by atoms with Gasteiger partial charge in [-0.05, 0) is 61.8 Å². The van der Waals surface area contributed by atoms with Crippen molar-refractivity contribution in [1.82, 2.24) is 15.5 Å². The minimum atomic E-state index is -0.557. The molecule has 3 amide bonds. The number of piperidine rings is 1. The second-order valence-corrected chi connectivity index (χ2v) is 9.96. The van der Waals surface area contributed by atoms with Crippen molar-refractivity contribution in [2.45, 2.75) is 44.2 Å². The molecule has 2 heterocycles. The first-order valence-electron chi connectivity index (χ1n) is 12.6. The van der Waals surface area contributed by atoms with Crippen LogP contribution in [0.4, 0.5) is 14.0 Å². The molecule has 1 unspecified atom stereocenters. The van der Waals surface area contributed by atoms with Gasteiger partial charge in [-0.15, -0.1) is 0 Å². The Labute approximate surface area is 217 Å². The molecule has 2 fully saturated rings. The van der Waals surface area contributed by atoms with E-state index in [2.05, 4.69) is 15.4 Å². The lowest BCUT2D eigenvalue weighted by molar-refractivity contribution is -0.00865. The van der Waals surface area contributed by atoms with E-state index in [1.807, 2.05) is 0 Å². The first-order valence-corrected chi connectivity index (χ1v) is 13.0. The van der Waals surface area contributed by atoms with Crippen molar-refractivity contribution < 1.29 is 28.2 Å². The first-order chi connectivity index (χ1) is 17.4. The molecule has 0 aliphatic carbocycles. The molecule has 202 valence electrons. The van der Waals surface area contributed by atoms with Gasteiger partial charge in [0, 0.05) is 56.4 Å². The molecule has 4 N–H and O–H groups in total. The maximum atomic E-state index is 14.1. The Morgan fingerprint density at radius 2 is 2.11 bits per heavy atom. The highest BCUT2D eigenvalue weighted by Gasteiger charge is 2.32. The summed E-state index contributed by atoms with van der Waals surface area (Å²) in [4.78, 5) is 26.0. The average Bonchev–Trinajstić information content (AvgIpc) is 2.87. The van der Waals surface area contributed by atoms with Gasteiger partial charge >= 0.3 is 12.1 Å². The molecule has 11 heteroatoms. The van der Waals surface area contributed by atoms with Crippen LogP contribution in [-0.4, -0.2) is 76.2 Å². The average molecular weight is 529 g/mol. The fourth-order valence-corrected chi connectivity index (χ4v) is 5.16. The van der Waals surface area contributed by atoms with E-state index < -0.39 is 18.0 Å². The summed E-state index contributed by atoms with van der Waals surface area (Å²) in [5.41, 5.74) is 6.87. The number of alkyl carbamates (subject to hydrolysis) is 1. The highest BCUT2D eigenvalue weighted by atomic mass is 35.5. The molecule has 1 aromatic carbocycles. The predicted octanol–water partition coefficient (Wildman–Crippen LogP) is 3.46. The van der Waals surface area contributed by atoms with Crippen LogP contribution in [0.2, 0.25) is 5.02 Å². The van der Waals surface area contributed by atoms with E-state index in [-0.39, 0.29) is 36.2 Å². The van der Waals surface area contributed by atoms with Crippen LogP contribution in [0.15, 0.2) is 18.2 Å². The third-order valence-corrected chi connectivity index (χ3v) is 6.87. The highest BCUT2D eigenvalue weighted by Crippen LogP contribution is 2.34. The monoisotopic (exact) mass is 528 g/mol. The molecule has 2 saturated heterocycles. The number of benzene rings is 1. The summed E-state index contributed by atoms with van der Waals surface area (Å²) in [6, 6.07) is 4.02. The zero-order chi connectivity index (χ0) is 25.9. The number of hydrogen-bond donors (Lipinski definition) is 3. The number of carbonyl (C=O) groups is 2. The second kappa shape index (κ2) is 14.6. The number of ether oxygens (including phenoxy) is 3. The van der Waals surface area contributed by atoms with Gasteiger partial charge in [0.15, 0.2) is 0 Å². The van der Waals surface area contributed by atoms with Crippen molar-refractivity contribution >= 4 is 23.7 Å². The van der Waals surface area contributed by atoms with Crippen molar-refractivity contribution in [3.63, 3.8) is 0 Å². The summed E-state index contributed by atoms with van der Waals surface area (Å²) in [5, 5.41) is 5.81. The van der Waals surface area contributed by atoms with Crippen LogP contribution in [0, 0.1) is 17.7 Å². The van der Waals surface area contributed by atoms with Gasteiger partial charge in [0.25, 0.3) is 0 Å². The molecular formula is C25H38ClFN4O5. The van der Waals surface area contributed by atoms with Gasteiger partial charge in [0.05, 0.1) is 19.8 Å². The minimum absolute atomic E-state index is 0.0754. The SMILES string of the molecule is COC(=O)NCCOC(c1cc(F)cc(Cl)c1)[C@@H]1CCCN(C(=O)NC[C@H](N)C[C@H]2CCCOC2)C1. The van der Waals surface area contributed by atoms with Crippen LogP contribution in [0.3, 0.4) is 0 Å². The molecule has 0 radical (unpaired) electrons. The number of rotatable bonds is 10. The van der Waals surface area contributed by atoms with Gasteiger partial charge in [-0.25, -0.2) is 14.0 Å². The number of methoxy groups -OCH3 is 1. The predicted molar refractivity (Wildman–Crippen MR) is 134 cm³/mol. The molecule has 9 nitrogen and oxygen atoms in total. The molecular weight excluding hydrogens is 491 g/mol. The van der Waals surface area contributed by atoms with Crippen LogP contribution in [0.25, 0.3) is 0 Å². The van der Waals surface area contributed by atoms with Gasteiger partial charge in [-0.3, -0.25) is 0 Å². The van der Waals surface area contributed by atoms with Crippen LogP contribution < -0.4 is 16.4 Å². The lowest BCUT2D eigenvalue weighted by Crippen LogP contribution is -2.49. The number of carbonyl (C=O) groups excluding carboxylic acids is 2.